The summed E-state index contributed by atoms with van der Waals surface area (Å²) >= 11 is 6.02. The highest BCUT2D eigenvalue weighted by Crippen LogP contribution is 2.22. The molecule has 0 unspecified atom stereocenters. The van der Waals surface area contributed by atoms with Crippen molar-refractivity contribution in [3.05, 3.63) is 51.9 Å². The van der Waals surface area contributed by atoms with E-state index in [0.29, 0.717) is 27.8 Å². The number of anilines is 1. The molecule has 1 aromatic heterocycles. The van der Waals surface area contributed by atoms with Crippen LogP contribution in [0.15, 0.2) is 28.7 Å². The van der Waals surface area contributed by atoms with E-state index in [9.17, 15) is 9.59 Å². The predicted molar refractivity (Wildman–Crippen MR) is 83.3 cm³/mol. The highest BCUT2D eigenvalue weighted by Gasteiger charge is 2.16. The number of carbonyl (C=O) groups is 2. The molecule has 0 saturated carbocycles. The van der Waals surface area contributed by atoms with E-state index >= 15 is 0 Å². The lowest BCUT2D eigenvalue weighted by Crippen LogP contribution is -2.21. The van der Waals surface area contributed by atoms with Crippen molar-refractivity contribution >= 4 is 29.2 Å². The van der Waals surface area contributed by atoms with Crippen LogP contribution in [0, 0.1) is 20.8 Å². The average Bonchev–Trinajstić information content (AvgIpc) is 2.78. The highest BCUT2D eigenvalue weighted by molar-refractivity contribution is 6.33. The van der Waals surface area contributed by atoms with Crippen LogP contribution in [0.25, 0.3) is 0 Å². The zero-order valence-electron chi connectivity index (χ0n) is 12.5. The first kappa shape index (κ1) is 16.1. The molecule has 0 saturated heterocycles. The lowest BCUT2D eigenvalue weighted by Gasteiger charge is -2.08. The topological polar surface area (TPSA) is 68.5 Å². The van der Waals surface area contributed by atoms with Crippen LogP contribution in [-0.4, -0.2) is 18.5 Å². The van der Waals surface area contributed by atoms with Crippen LogP contribution in [0.4, 0.5) is 5.69 Å². The van der Waals surface area contributed by atoms with Crippen LogP contribution in [0.5, 0.6) is 0 Å². The fourth-order valence-corrected chi connectivity index (χ4v) is 2.23. The number of hydrogen-bond donors (Lipinski definition) is 1. The Bertz CT molecular complexity index is 721. The fraction of sp³-hybridized carbons (Fsp3) is 0.250. The van der Waals surface area contributed by atoms with Gasteiger partial charge in [0.25, 0.3) is 5.91 Å². The number of furan rings is 1. The first-order valence-corrected chi connectivity index (χ1v) is 7.05. The van der Waals surface area contributed by atoms with Crippen molar-refractivity contribution in [1.82, 2.24) is 0 Å². The Balaban J connectivity index is 1.92. The van der Waals surface area contributed by atoms with Gasteiger partial charge >= 0.3 is 5.97 Å². The summed E-state index contributed by atoms with van der Waals surface area (Å²) in [5, 5.41) is 3.02. The minimum absolute atomic E-state index is 0.318. The number of carbonyl (C=O) groups excluding carboxylic acids is 2. The standard InChI is InChI=1S/C16H16ClNO4/c1-9-4-5-14(13(17)6-9)18-15(19)8-21-16(20)12-7-10(2)22-11(12)3/h4-7H,8H2,1-3H3,(H,18,19). The molecule has 0 spiro atoms. The Labute approximate surface area is 133 Å². The van der Waals surface area contributed by atoms with Gasteiger partial charge in [-0.2, -0.15) is 0 Å². The van der Waals surface area contributed by atoms with E-state index < -0.39 is 18.5 Å². The highest BCUT2D eigenvalue weighted by atomic mass is 35.5. The number of halogens is 1. The van der Waals surface area contributed by atoms with Crippen LogP contribution in [0.3, 0.4) is 0 Å². The minimum atomic E-state index is -0.598. The molecule has 0 atom stereocenters. The van der Waals surface area contributed by atoms with Gasteiger partial charge in [-0.05, 0) is 44.5 Å². The molecule has 1 aromatic carbocycles. The lowest BCUT2D eigenvalue weighted by molar-refractivity contribution is -0.119. The normalized spacial score (nSPS) is 10.4. The Morgan fingerprint density at radius 1 is 1.23 bits per heavy atom. The summed E-state index contributed by atoms with van der Waals surface area (Å²) in [5.41, 5.74) is 1.78. The van der Waals surface area contributed by atoms with Crippen LogP contribution in [0.2, 0.25) is 5.02 Å². The van der Waals surface area contributed by atoms with E-state index in [2.05, 4.69) is 5.32 Å². The quantitative estimate of drug-likeness (QED) is 0.873. The van der Waals surface area contributed by atoms with Crippen molar-refractivity contribution in [2.45, 2.75) is 20.8 Å². The second-order valence-electron chi connectivity index (χ2n) is 4.93. The van der Waals surface area contributed by atoms with Crippen molar-refractivity contribution < 1.29 is 18.7 Å². The number of hydrogen-bond acceptors (Lipinski definition) is 4. The molecule has 0 radical (unpaired) electrons. The fourth-order valence-electron chi connectivity index (χ4n) is 1.95. The Kier molecular flexibility index (Phi) is 4.88. The van der Waals surface area contributed by atoms with Crippen molar-refractivity contribution in [2.24, 2.45) is 0 Å². The smallest absolute Gasteiger partial charge is 0.342 e. The molecule has 0 aliphatic rings. The molecule has 116 valence electrons. The van der Waals surface area contributed by atoms with Crippen molar-refractivity contribution in [3.63, 3.8) is 0 Å². The van der Waals surface area contributed by atoms with E-state index in [0.717, 1.165) is 5.56 Å². The van der Waals surface area contributed by atoms with Gasteiger partial charge in [0.2, 0.25) is 0 Å². The van der Waals surface area contributed by atoms with Gasteiger partial charge in [-0.15, -0.1) is 0 Å². The third-order valence-electron chi connectivity index (χ3n) is 2.99. The number of ether oxygens (including phenoxy) is 1. The number of rotatable bonds is 4. The van der Waals surface area contributed by atoms with Crippen molar-refractivity contribution in [2.75, 3.05) is 11.9 Å². The van der Waals surface area contributed by atoms with Crippen LogP contribution < -0.4 is 5.32 Å². The van der Waals surface area contributed by atoms with Gasteiger partial charge in [-0.25, -0.2) is 4.79 Å². The summed E-state index contributed by atoms with van der Waals surface area (Å²) in [7, 11) is 0. The molecule has 0 bridgehead atoms. The molecular formula is C16H16ClNO4. The van der Waals surface area contributed by atoms with Crippen molar-refractivity contribution in [3.8, 4) is 0 Å². The van der Waals surface area contributed by atoms with Gasteiger partial charge in [-0.3, -0.25) is 4.79 Å². The number of amides is 1. The molecule has 2 aromatic rings. The maximum Gasteiger partial charge on any atom is 0.342 e. The molecule has 5 nitrogen and oxygen atoms in total. The van der Waals surface area contributed by atoms with Crippen molar-refractivity contribution in [1.29, 1.82) is 0 Å². The predicted octanol–water partition coefficient (Wildman–Crippen LogP) is 3.65. The summed E-state index contributed by atoms with van der Waals surface area (Å²) in [4.78, 5) is 23.7. The third kappa shape index (κ3) is 3.89. The maximum absolute atomic E-state index is 11.9. The van der Waals surface area contributed by atoms with E-state index in [-0.39, 0.29) is 0 Å². The van der Waals surface area contributed by atoms with Gasteiger partial charge in [0.1, 0.15) is 17.1 Å². The third-order valence-corrected chi connectivity index (χ3v) is 3.31. The Hall–Kier alpha value is -2.27. The van der Waals surface area contributed by atoms with E-state index in [1.807, 2.05) is 13.0 Å². The number of esters is 1. The Morgan fingerprint density at radius 2 is 1.95 bits per heavy atom. The molecule has 1 N–H and O–H groups in total. The van der Waals surface area contributed by atoms with Gasteiger partial charge in [0.05, 0.1) is 10.7 Å². The van der Waals surface area contributed by atoms with Gasteiger partial charge < -0.3 is 14.5 Å². The summed E-state index contributed by atoms with van der Waals surface area (Å²) in [5.74, 6) is 0.0151. The van der Waals surface area contributed by atoms with E-state index in [1.165, 1.54) is 0 Å². The number of benzene rings is 1. The summed E-state index contributed by atoms with van der Waals surface area (Å²) in [6, 6.07) is 6.83. The molecule has 1 heterocycles. The van der Waals surface area contributed by atoms with E-state index in [1.54, 1.807) is 32.0 Å². The average molecular weight is 322 g/mol. The monoisotopic (exact) mass is 321 g/mol. The number of nitrogens with one attached hydrogen (secondary N) is 1. The van der Waals surface area contributed by atoms with Gasteiger partial charge in [0, 0.05) is 0 Å². The summed E-state index contributed by atoms with van der Waals surface area (Å²) in [6.45, 7) is 4.90. The second-order valence-corrected chi connectivity index (χ2v) is 5.34. The first-order valence-electron chi connectivity index (χ1n) is 6.67. The van der Waals surface area contributed by atoms with Crippen LogP contribution in [0.1, 0.15) is 27.4 Å². The van der Waals surface area contributed by atoms with E-state index in [4.69, 9.17) is 20.8 Å². The summed E-state index contributed by atoms with van der Waals surface area (Å²) in [6.07, 6.45) is 0. The molecule has 22 heavy (non-hydrogen) atoms. The molecule has 2 rings (SSSR count). The van der Waals surface area contributed by atoms with Crippen LogP contribution >= 0.6 is 11.6 Å². The molecule has 1 amide bonds. The molecular weight excluding hydrogens is 306 g/mol. The molecule has 6 heteroatoms. The van der Waals surface area contributed by atoms with Gasteiger partial charge in [0.15, 0.2) is 6.61 Å². The SMILES string of the molecule is Cc1ccc(NC(=O)COC(=O)c2cc(C)oc2C)c(Cl)c1. The zero-order valence-corrected chi connectivity index (χ0v) is 13.3. The lowest BCUT2D eigenvalue weighted by atomic mass is 10.2. The Morgan fingerprint density at radius 3 is 2.55 bits per heavy atom. The second kappa shape index (κ2) is 6.66. The maximum atomic E-state index is 11.9. The first-order chi connectivity index (χ1) is 10.4. The number of aryl methyl sites for hydroxylation is 3. The van der Waals surface area contributed by atoms with Crippen LogP contribution in [-0.2, 0) is 9.53 Å². The largest absolute Gasteiger partial charge is 0.466 e. The summed E-state index contributed by atoms with van der Waals surface area (Å²) < 4.78 is 10.2. The van der Waals surface area contributed by atoms with Gasteiger partial charge in [-0.1, -0.05) is 17.7 Å². The molecule has 0 aliphatic heterocycles. The zero-order chi connectivity index (χ0) is 16.3. The minimum Gasteiger partial charge on any atom is -0.466 e. The molecule has 0 aliphatic carbocycles. The molecule has 0 fully saturated rings.